The number of carboxylic acids is 1. The largest absolute Gasteiger partial charge is 0.481 e. The monoisotopic (exact) mass is 295 g/mol. The fourth-order valence-electron chi connectivity index (χ4n) is 2.38. The first-order valence-corrected chi connectivity index (χ1v) is 7.90. The Morgan fingerprint density at radius 3 is 2.75 bits per heavy atom. The van der Waals surface area contributed by atoms with Gasteiger partial charge in [0.2, 0.25) is 0 Å². The fourth-order valence-corrected chi connectivity index (χ4v) is 3.50. The molecule has 110 valence electrons. The third kappa shape index (κ3) is 3.20. The molecule has 1 heterocycles. The summed E-state index contributed by atoms with van der Waals surface area (Å²) < 4.78 is 0. The molecular formula is C15H21NO3S. The van der Waals surface area contributed by atoms with Crippen LogP contribution in [0.15, 0.2) is 5.38 Å². The molecule has 0 aromatic carbocycles. The van der Waals surface area contributed by atoms with Crippen molar-refractivity contribution in [3.63, 3.8) is 0 Å². The van der Waals surface area contributed by atoms with E-state index in [1.165, 1.54) is 16.9 Å². The van der Waals surface area contributed by atoms with Gasteiger partial charge in [-0.3, -0.25) is 9.59 Å². The van der Waals surface area contributed by atoms with Crippen molar-refractivity contribution < 1.29 is 14.7 Å². The summed E-state index contributed by atoms with van der Waals surface area (Å²) in [5, 5.41) is 13.8. The lowest BCUT2D eigenvalue weighted by molar-refractivity contribution is -0.147. The number of aliphatic carboxylic acids is 1. The number of carbonyl (C=O) groups excluding carboxylic acids is 1. The summed E-state index contributed by atoms with van der Waals surface area (Å²) in [5.74, 6) is -0.898. The van der Waals surface area contributed by atoms with E-state index in [1.807, 2.05) is 5.38 Å². The highest BCUT2D eigenvalue weighted by Crippen LogP contribution is 2.30. The highest BCUT2D eigenvalue weighted by Gasteiger charge is 2.27. The minimum atomic E-state index is -0.834. The summed E-state index contributed by atoms with van der Waals surface area (Å²) in [7, 11) is 0. The Balaban J connectivity index is 1.93. The van der Waals surface area contributed by atoms with E-state index >= 15 is 0 Å². The van der Waals surface area contributed by atoms with E-state index < -0.39 is 11.4 Å². The van der Waals surface area contributed by atoms with Crippen LogP contribution < -0.4 is 5.32 Å². The second-order valence-corrected chi connectivity index (χ2v) is 6.92. The molecule has 0 spiro atoms. The molecule has 1 aliphatic rings. The Morgan fingerprint density at radius 2 is 2.05 bits per heavy atom. The Bertz CT molecular complexity index is 519. The van der Waals surface area contributed by atoms with Crippen LogP contribution in [-0.2, 0) is 17.6 Å². The van der Waals surface area contributed by atoms with Gasteiger partial charge in [-0.15, -0.1) is 11.3 Å². The van der Waals surface area contributed by atoms with Crippen LogP contribution in [0.4, 0.5) is 0 Å². The van der Waals surface area contributed by atoms with Gasteiger partial charge < -0.3 is 10.4 Å². The van der Waals surface area contributed by atoms with Gasteiger partial charge in [0.05, 0.1) is 11.0 Å². The summed E-state index contributed by atoms with van der Waals surface area (Å²) >= 11 is 1.67. The summed E-state index contributed by atoms with van der Waals surface area (Å²) in [6.45, 7) is 3.74. The molecule has 0 aliphatic heterocycles. The van der Waals surface area contributed by atoms with Gasteiger partial charge in [0.25, 0.3) is 5.91 Å². The molecule has 0 saturated carbocycles. The van der Waals surface area contributed by atoms with Gasteiger partial charge >= 0.3 is 5.97 Å². The SMILES string of the molecule is CC(C)(CCNC(=O)c1csc2c1CCCC2)C(=O)O. The van der Waals surface area contributed by atoms with Gasteiger partial charge in [0, 0.05) is 16.8 Å². The predicted octanol–water partition coefficient (Wildman–Crippen LogP) is 2.86. The van der Waals surface area contributed by atoms with Crippen LogP contribution in [0.25, 0.3) is 0 Å². The molecule has 1 amide bonds. The summed E-state index contributed by atoms with van der Waals surface area (Å²) in [5.41, 5.74) is 1.19. The van der Waals surface area contributed by atoms with E-state index in [1.54, 1.807) is 25.2 Å². The van der Waals surface area contributed by atoms with Gasteiger partial charge in [-0.25, -0.2) is 0 Å². The van der Waals surface area contributed by atoms with Crippen molar-refractivity contribution in [3.8, 4) is 0 Å². The van der Waals surface area contributed by atoms with Crippen molar-refractivity contribution in [3.05, 3.63) is 21.4 Å². The summed E-state index contributed by atoms with van der Waals surface area (Å²) in [6.07, 6.45) is 4.86. The van der Waals surface area contributed by atoms with Crippen molar-refractivity contribution in [1.29, 1.82) is 0 Å². The quantitative estimate of drug-likeness (QED) is 0.878. The lowest BCUT2D eigenvalue weighted by Gasteiger charge is -2.19. The van der Waals surface area contributed by atoms with Crippen molar-refractivity contribution in [2.45, 2.75) is 46.0 Å². The highest BCUT2D eigenvalue weighted by atomic mass is 32.1. The zero-order valence-corrected chi connectivity index (χ0v) is 12.8. The molecule has 2 rings (SSSR count). The van der Waals surface area contributed by atoms with Crippen LogP contribution in [0, 0.1) is 5.41 Å². The third-order valence-corrected chi connectivity index (χ3v) is 5.01. The Hall–Kier alpha value is -1.36. The van der Waals surface area contributed by atoms with Gasteiger partial charge in [-0.05, 0) is 51.5 Å². The zero-order chi connectivity index (χ0) is 14.8. The first kappa shape index (κ1) is 15.0. The minimum absolute atomic E-state index is 0.0643. The fraction of sp³-hybridized carbons (Fsp3) is 0.600. The van der Waals surface area contributed by atoms with Crippen LogP contribution in [0.3, 0.4) is 0 Å². The normalized spacial score (nSPS) is 14.7. The Kier molecular flexibility index (Phi) is 4.48. The average molecular weight is 295 g/mol. The second kappa shape index (κ2) is 5.95. The number of rotatable bonds is 5. The van der Waals surface area contributed by atoms with E-state index in [2.05, 4.69) is 5.32 Å². The molecule has 4 nitrogen and oxygen atoms in total. The number of hydrogen-bond donors (Lipinski definition) is 2. The number of carbonyl (C=O) groups is 2. The number of nitrogens with one attached hydrogen (secondary N) is 1. The molecule has 20 heavy (non-hydrogen) atoms. The smallest absolute Gasteiger partial charge is 0.309 e. The van der Waals surface area contributed by atoms with Crippen molar-refractivity contribution in [1.82, 2.24) is 5.32 Å². The predicted molar refractivity (Wildman–Crippen MR) is 79.3 cm³/mol. The number of hydrogen-bond acceptors (Lipinski definition) is 3. The number of carboxylic acid groups (broad SMARTS) is 1. The van der Waals surface area contributed by atoms with Crippen molar-refractivity contribution >= 4 is 23.2 Å². The Labute approximate surface area is 123 Å². The molecule has 1 aliphatic carbocycles. The van der Waals surface area contributed by atoms with Crippen LogP contribution in [0.5, 0.6) is 0 Å². The van der Waals surface area contributed by atoms with E-state index in [9.17, 15) is 9.59 Å². The van der Waals surface area contributed by atoms with Gasteiger partial charge in [0.1, 0.15) is 0 Å². The van der Waals surface area contributed by atoms with Crippen LogP contribution in [0.1, 0.15) is 53.9 Å². The Morgan fingerprint density at radius 1 is 1.35 bits per heavy atom. The summed E-state index contributed by atoms with van der Waals surface area (Å²) in [6, 6.07) is 0. The first-order valence-electron chi connectivity index (χ1n) is 7.02. The van der Waals surface area contributed by atoms with E-state index in [-0.39, 0.29) is 5.91 Å². The third-order valence-electron chi connectivity index (χ3n) is 3.92. The van der Waals surface area contributed by atoms with Gasteiger partial charge in [-0.1, -0.05) is 0 Å². The molecule has 0 atom stereocenters. The topological polar surface area (TPSA) is 66.4 Å². The van der Waals surface area contributed by atoms with Gasteiger partial charge in [-0.2, -0.15) is 0 Å². The molecule has 0 bridgehead atoms. The van der Waals surface area contributed by atoms with E-state index in [4.69, 9.17) is 5.11 Å². The lowest BCUT2D eigenvalue weighted by atomic mass is 9.89. The van der Waals surface area contributed by atoms with E-state index in [0.29, 0.717) is 13.0 Å². The average Bonchev–Trinajstić information content (AvgIpc) is 2.82. The maximum atomic E-state index is 12.2. The molecule has 1 aromatic heterocycles. The molecule has 2 N–H and O–H groups in total. The van der Waals surface area contributed by atoms with Crippen LogP contribution in [0.2, 0.25) is 0 Å². The molecule has 0 unspecified atom stereocenters. The van der Waals surface area contributed by atoms with Gasteiger partial charge in [0.15, 0.2) is 0 Å². The standard InChI is InChI=1S/C15H21NO3S/c1-15(2,14(18)19)7-8-16-13(17)11-9-20-12-6-4-3-5-10(11)12/h9H,3-8H2,1-2H3,(H,16,17)(H,18,19). The molecule has 0 saturated heterocycles. The number of amides is 1. The van der Waals surface area contributed by atoms with Crippen LogP contribution in [-0.4, -0.2) is 23.5 Å². The molecular weight excluding hydrogens is 274 g/mol. The molecule has 0 radical (unpaired) electrons. The highest BCUT2D eigenvalue weighted by molar-refractivity contribution is 7.10. The first-order chi connectivity index (χ1) is 9.42. The van der Waals surface area contributed by atoms with E-state index in [0.717, 1.165) is 24.8 Å². The second-order valence-electron chi connectivity index (χ2n) is 5.95. The lowest BCUT2D eigenvalue weighted by Crippen LogP contribution is -2.32. The zero-order valence-electron chi connectivity index (χ0n) is 12.0. The minimum Gasteiger partial charge on any atom is -0.481 e. The van der Waals surface area contributed by atoms with Crippen molar-refractivity contribution in [2.75, 3.05) is 6.54 Å². The maximum Gasteiger partial charge on any atom is 0.309 e. The van der Waals surface area contributed by atoms with Crippen LogP contribution >= 0.6 is 11.3 Å². The number of thiophene rings is 1. The molecule has 0 fully saturated rings. The molecule has 5 heteroatoms. The number of aryl methyl sites for hydroxylation is 1. The summed E-state index contributed by atoms with van der Waals surface area (Å²) in [4.78, 5) is 24.5. The maximum absolute atomic E-state index is 12.2. The number of fused-ring (bicyclic) bond motifs is 1. The van der Waals surface area contributed by atoms with Crippen molar-refractivity contribution in [2.24, 2.45) is 5.41 Å². The molecule has 1 aromatic rings.